The SMILES string of the molecule is C=C(CC)C(=O)OC1(C)OCCO1. The predicted molar refractivity (Wildman–Crippen MR) is 45.8 cm³/mol. The van der Waals surface area contributed by atoms with Crippen molar-refractivity contribution in [3.8, 4) is 0 Å². The zero-order valence-corrected chi connectivity index (χ0v) is 7.96. The van der Waals surface area contributed by atoms with Crippen molar-refractivity contribution in [1.29, 1.82) is 0 Å². The van der Waals surface area contributed by atoms with Crippen LogP contribution in [-0.4, -0.2) is 25.2 Å². The van der Waals surface area contributed by atoms with Crippen molar-refractivity contribution in [2.75, 3.05) is 13.2 Å². The van der Waals surface area contributed by atoms with E-state index in [9.17, 15) is 4.79 Å². The van der Waals surface area contributed by atoms with Crippen LogP contribution in [0, 0.1) is 0 Å². The van der Waals surface area contributed by atoms with E-state index >= 15 is 0 Å². The van der Waals surface area contributed by atoms with E-state index in [-0.39, 0.29) is 0 Å². The van der Waals surface area contributed by atoms with Crippen LogP contribution in [-0.2, 0) is 19.0 Å². The Kier molecular flexibility index (Phi) is 3.06. The average Bonchev–Trinajstić information content (AvgIpc) is 2.50. The highest BCUT2D eigenvalue weighted by atomic mass is 16.9. The van der Waals surface area contributed by atoms with Gasteiger partial charge in [0.05, 0.1) is 13.2 Å². The second-order valence-corrected chi connectivity index (χ2v) is 2.91. The van der Waals surface area contributed by atoms with Crippen LogP contribution in [0.5, 0.6) is 0 Å². The molecule has 1 heterocycles. The summed E-state index contributed by atoms with van der Waals surface area (Å²) in [5.74, 6) is -1.68. The monoisotopic (exact) mass is 186 g/mol. The summed E-state index contributed by atoms with van der Waals surface area (Å²) in [5.41, 5.74) is 0.417. The number of ether oxygens (including phenoxy) is 3. The molecule has 4 nitrogen and oxygen atoms in total. The molecule has 0 radical (unpaired) electrons. The van der Waals surface area contributed by atoms with Gasteiger partial charge in [0, 0.05) is 12.5 Å². The molecule has 0 aliphatic carbocycles. The highest BCUT2D eigenvalue weighted by Crippen LogP contribution is 2.21. The van der Waals surface area contributed by atoms with E-state index in [2.05, 4.69) is 6.58 Å². The minimum absolute atomic E-state index is 0.417. The van der Waals surface area contributed by atoms with E-state index in [0.29, 0.717) is 25.2 Å². The van der Waals surface area contributed by atoms with Gasteiger partial charge in [-0.2, -0.15) is 0 Å². The van der Waals surface area contributed by atoms with Gasteiger partial charge >= 0.3 is 11.9 Å². The Labute approximate surface area is 77.5 Å². The lowest BCUT2D eigenvalue weighted by atomic mass is 10.2. The maximum absolute atomic E-state index is 11.3. The zero-order valence-electron chi connectivity index (χ0n) is 7.96. The molecular formula is C9H14O4. The summed E-state index contributed by atoms with van der Waals surface area (Å²) < 4.78 is 15.2. The molecule has 0 spiro atoms. The number of carbonyl (C=O) groups is 1. The Morgan fingerprint density at radius 3 is 2.54 bits per heavy atom. The van der Waals surface area contributed by atoms with Crippen molar-refractivity contribution in [1.82, 2.24) is 0 Å². The number of rotatable bonds is 3. The van der Waals surface area contributed by atoms with Gasteiger partial charge in [-0.3, -0.25) is 0 Å². The molecule has 1 rings (SSSR count). The average molecular weight is 186 g/mol. The molecule has 13 heavy (non-hydrogen) atoms. The van der Waals surface area contributed by atoms with Gasteiger partial charge < -0.3 is 14.2 Å². The van der Waals surface area contributed by atoms with Gasteiger partial charge in [0.25, 0.3) is 0 Å². The summed E-state index contributed by atoms with van der Waals surface area (Å²) in [6.07, 6.45) is 0.564. The van der Waals surface area contributed by atoms with Gasteiger partial charge in [0.2, 0.25) is 0 Å². The summed E-state index contributed by atoms with van der Waals surface area (Å²) in [6, 6.07) is 0. The first-order valence-electron chi connectivity index (χ1n) is 4.26. The molecule has 1 fully saturated rings. The molecule has 0 N–H and O–H groups in total. The third-order valence-corrected chi connectivity index (χ3v) is 1.81. The van der Waals surface area contributed by atoms with E-state index in [1.165, 1.54) is 0 Å². The lowest BCUT2D eigenvalue weighted by molar-refractivity contribution is -0.299. The van der Waals surface area contributed by atoms with E-state index in [0.717, 1.165) is 0 Å². The van der Waals surface area contributed by atoms with Gasteiger partial charge in [-0.1, -0.05) is 13.5 Å². The maximum Gasteiger partial charge on any atom is 0.337 e. The number of hydrogen-bond acceptors (Lipinski definition) is 4. The zero-order chi connectivity index (χ0) is 9.90. The Morgan fingerprint density at radius 1 is 1.54 bits per heavy atom. The summed E-state index contributed by atoms with van der Waals surface area (Å²) in [6.45, 7) is 7.86. The van der Waals surface area contributed by atoms with Gasteiger partial charge in [-0.15, -0.1) is 0 Å². The Balaban J connectivity index is 2.47. The van der Waals surface area contributed by atoms with Crippen LogP contribution in [0.2, 0.25) is 0 Å². The molecular weight excluding hydrogens is 172 g/mol. The van der Waals surface area contributed by atoms with Crippen molar-refractivity contribution < 1.29 is 19.0 Å². The first kappa shape index (κ1) is 10.2. The molecule has 1 aliphatic rings. The maximum atomic E-state index is 11.3. The number of esters is 1. The first-order chi connectivity index (χ1) is 6.07. The van der Waals surface area contributed by atoms with Crippen LogP contribution in [0.1, 0.15) is 20.3 Å². The molecule has 1 saturated heterocycles. The Morgan fingerprint density at radius 2 is 2.08 bits per heavy atom. The molecule has 0 aromatic heterocycles. The number of hydrogen-bond donors (Lipinski definition) is 0. The van der Waals surface area contributed by atoms with Gasteiger partial charge in [-0.25, -0.2) is 4.79 Å². The van der Waals surface area contributed by atoms with Crippen molar-refractivity contribution in [2.45, 2.75) is 26.2 Å². The largest absolute Gasteiger partial charge is 0.405 e. The smallest absolute Gasteiger partial charge is 0.337 e. The van der Waals surface area contributed by atoms with Crippen LogP contribution in [0.4, 0.5) is 0 Å². The molecule has 0 atom stereocenters. The van der Waals surface area contributed by atoms with E-state index in [1.807, 2.05) is 6.92 Å². The third-order valence-electron chi connectivity index (χ3n) is 1.81. The Hall–Kier alpha value is -0.870. The van der Waals surface area contributed by atoms with Crippen molar-refractivity contribution in [3.63, 3.8) is 0 Å². The highest BCUT2D eigenvalue weighted by Gasteiger charge is 2.35. The first-order valence-corrected chi connectivity index (χ1v) is 4.26. The second kappa shape index (κ2) is 3.89. The molecule has 0 unspecified atom stereocenters. The van der Waals surface area contributed by atoms with Crippen LogP contribution < -0.4 is 0 Å². The standard InChI is InChI=1S/C9H14O4/c1-4-7(2)8(10)13-9(3)11-5-6-12-9/h2,4-6H2,1,3H3. The van der Waals surface area contributed by atoms with E-state index in [1.54, 1.807) is 6.92 Å². The fraction of sp³-hybridized carbons (Fsp3) is 0.667. The topological polar surface area (TPSA) is 44.8 Å². The molecule has 74 valence electrons. The fourth-order valence-electron chi connectivity index (χ4n) is 0.940. The molecule has 4 heteroatoms. The highest BCUT2D eigenvalue weighted by molar-refractivity contribution is 5.87. The minimum Gasteiger partial charge on any atom is -0.405 e. The normalized spacial score (nSPS) is 19.8. The minimum atomic E-state index is -1.21. The van der Waals surface area contributed by atoms with Crippen LogP contribution >= 0.6 is 0 Å². The Bertz CT molecular complexity index is 216. The lowest BCUT2D eigenvalue weighted by Gasteiger charge is -2.21. The molecule has 0 aromatic carbocycles. The summed E-state index contributed by atoms with van der Waals surface area (Å²) in [7, 11) is 0. The fourth-order valence-corrected chi connectivity index (χ4v) is 0.940. The van der Waals surface area contributed by atoms with Gasteiger partial charge in [0.15, 0.2) is 0 Å². The molecule has 0 saturated carbocycles. The predicted octanol–water partition coefficient (Wildman–Crippen LogP) is 1.22. The molecule has 0 bridgehead atoms. The number of carbonyl (C=O) groups excluding carboxylic acids is 1. The van der Waals surface area contributed by atoms with Crippen molar-refractivity contribution >= 4 is 5.97 Å². The third kappa shape index (κ3) is 2.54. The van der Waals surface area contributed by atoms with Crippen LogP contribution in [0.25, 0.3) is 0 Å². The van der Waals surface area contributed by atoms with Crippen LogP contribution in [0.3, 0.4) is 0 Å². The summed E-state index contributed by atoms with van der Waals surface area (Å²) in [5, 5.41) is 0. The molecule has 0 aromatic rings. The summed E-state index contributed by atoms with van der Waals surface area (Å²) in [4.78, 5) is 11.3. The van der Waals surface area contributed by atoms with Gasteiger partial charge in [0.1, 0.15) is 0 Å². The van der Waals surface area contributed by atoms with E-state index < -0.39 is 11.9 Å². The van der Waals surface area contributed by atoms with Crippen LogP contribution in [0.15, 0.2) is 12.2 Å². The van der Waals surface area contributed by atoms with E-state index in [4.69, 9.17) is 14.2 Å². The second-order valence-electron chi connectivity index (χ2n) is 2.91. The lowest BCUT2D eigenvalue weighted by Crippen LogP contribution is -2.32. The van der Waals surface area contributed by atoms with Crippen molar-refractivity contribution in [2.24, 2.45) is 0 Å². The van der Waals surface area contributed by atoms with Crippen molar-refractivity contribution in [3.05, 3.63) is 12.2 Å². The summed E-state index contributed by atoms with van der Waals surface area (Å²) >= 11 is 0. The quantitative estimate of drug-likeness (QED) is 0.491. The van der Waals surface area contributed by atoms with Gasteiger partial charge in [-0.05, 0) is 6.42 Å². The molecule has 0 amide bonds. The molecule has 1 aliphatic heterocycles.